The molecule has 0 radical (unpaired) electrons. The number of non-ortho nitro benzene ring substituents is 1. The van der Waals surface area contributed by atoms with Gasteiger partial charge in [-0.25, -0.2) is 0 Å². The molecule has 0 saturated carbocycles. The van der Waals surface area contributed by atoms with Crippen molar-refractivity contribution in [1.82, 2.24) is 4.90 Å². The number of likely N-dealkylation sites (N-methyl/N-ethyl adjacent to an activating group) is 1. The maximum absolute atomic E-state index is 10.6. The fourth-order valence-electron chi connectivity index (χ4n) is 1.35. The minimum Gasteiger partial charge on any atom is -0.492 e. The summed E-state index contributed by atoms with van der Waals surface area (Å²) in [6, 6.07) is 6.16. The molecule has 0 amide bonds. The second-order valence-electron chi connectivity index (χ2n) is 4.12. The molecule has 0 aromatic heterocycles. The molecule has 1 rings (SSSR count). The van der Waals surface area contributed by atoms with Crippen LogP contribution in [0.5, 0.6) is 5.75 Å². The fourth-order valence-corrected chi connectivity index (χ4v) is 1.35. The molecule has 0 bridgehead atoms. The quantitative estimate of drug-likeness (QED) is 0.586. The summed E-state index contributed by atoms with van der Waals surface area (Å²) in [6.07, 6.45) is 0. The molecule has 0 aliphatic heterocycles. The van der Waals surface area contributed by atoms with E-state index in [0.717, 1.165) is 0 Å². The smallest absolute Gasteiger partial charge is 0.273 e. The number of nitro groups is 1. The predicted octanol–water partition coefficient (Wildman–Crippen LogP) is 1.29. The van der Waals surface area contributed by atoms with Crippen molar-refractivity contribution in [2.24, 2.45) is 0 Å². The highest BCUT2D eigenvalue weighted by Gasteiger charge is 2.09. The van der Waals surface area contributed by atoms with Crippen LogP contribution in [0.2, 0.25) is 0 Å². The summed E-state index contributed by atoms with van der Waals surface area (Å²) in [4.78, 5) is 12.1. The summed E-state index contributed by atoms with van der Waals surface area (Å²) >= 11 is 0. The summed E-state index contributed by atoms with van der Waals surface area (Å²) in [5.74, 6) is 0.481. The number of rotatable bonds is 7. The zero-order valence-corrected chi connectivity index (χ0v) is 10.6. The van der Waals surface area contributed by atoms with Gasteiger partial charge in [-0.3, -0.25) is 15.0 Å². The highest BCUT2D eigenvalue weighted by Crippen LogP contribution is 2.18. The lowest BCUT2D eigenvalue weighted by atomic mass is 10.3. The van der Waals surface area contributed by atoms with Crippen molar-refractivity contribution in [2.45, 2.75) is 13.0 Å². The Balaban J connectivity index is 2.44. The van der Waals surface area contributed by atoms with Gasteiger partial charge in [-0.2, -0.15) is 0 Å². The lowest BCUT2D eigenvalue weighted by molar-refractivity contribution is -0.384. The van der Waals surface area contributed by atoms with Crippen LogP contribution in [0, 0.1) is 10.1 Å². The number of hydrogen-bond donors (Lipinski definition) is 1. The van der Waals surface area contributed by atoms with Crippen molar-refractivity contribution in [3.05, 3.63) is 34.4 Å². The Hall–Kier alpha value is -1.66. The van der Waals surface area contributed by atoms with Crippen molar-refractivity contribution >= 4 is 5.69 Å². The number of aliphatic hydroxyl groups is 1. The van der Waals surface area contributed by atoms with E-state index in [9.17, 15) is 10.1 Å². The fraction of sp³-hybridized carbons (Fsp3) is 0.500. The van der Waals surface area contributed by atoms with Crippen LogP contribution in [0.15, 0.2) is 24.3 Å². The Morgan fingerprint density at radius 1 is 1.56 bits per heavy atom. The number of nitro benzene ring substituents is 1. The lowest BCUT2D eigenvalue weighted by Gasteiger charge is -2.22. The lowest BCUT2D eigenvalue weighted by Crippen LogP contribution is -2.35. The Bertz CT molecular complexity index is 397. The largest absolute Gasteiger partial charge is 0.492 e. The molecule has 100 valence electrons. The Labute approximate surface area is 106 Å². The highest BCUT2D eigenvalue weighted by atomic mass is 16.6. The third-order valence-electron chi connectivity index (χ3n) is 2.76. The SMILES string of the molecule is CC(CO)N(C)CCOc1cccc([N+](=O)[O-])c1. The molecule has 0 heterocycles. The molecule has 0 fully saturated rings. The molecule has 18 heavy (non-hydrogen) atoms. The van der Waals surface area contributed by atoms with Crippen LogP contribution in [0.25, 0.3) is 0 Å². The molecule has 1 atom stereocenters. The average molecular weight is 254 g/mol. The molecule has 0 saturated heterocycles. The molecule has 0 spiro atoms. The molecule has 0 aliphatic carbocycles. The minimum atomic E-state index is -0.452. The van der Waals surface area contributed by atoms with Gasteiger partial charge in [0.15, 0.2) is 0 Å². The van der Waals surface area contributed by atoms with E-state index in [1.807, 2.05) is 18.9 Å². The van der Waals surface area contributed by atoms with Gasteiger partial charge in [0, 0.05) is 18.7 Å². The maximum Gasteiger partial charge on any atom is 0.273 e. The first kappa shape index (κ1) is 14.4. The van der Waals surface area contributed by atoms with Crippen LogP contribution < -0.4 is 4.74 Å². The molecule has 6 heteroatoms. The Morgan fingerprint density at radius 2 is 2.28 bits per heavy atom. The number of ether oxygens (including phenoxy) is 1. The Kier molecular flexibility index (Phi) is 5.54. The van der Waals surface area contributed by atoms with Gasteiger partial charge in [0.2, 0.25) is 0 Å². The second-order valence-corrected chi connectivity index (χ2v) is 4.12. The van der Waals surface area contributed by atoms with Gasteiger partial charge in [0.05, 0.1) is 17.6 Å². The van der Waals surface area contributed by atoms with Crippen molar-refractivity contribution in [1.29, 1.82) is 0 Å². The van der Waals surface area contributed by atoms with Gasteiger partial charge in [-0.15, -0.1) is 0 Å². The number of benzene rings is 1. The van der Waals surface area contributed by atoms with Crippen molar-refractivity contribution < 1.29 is 14.8 Å². The van der Waals surface area contributed by atoms with E-state index in [1.54, 1.807) is 12.1 Å². The Morgan fingerprint density at radius 3 is 2.89 bits per heavy atom. The summed E-state index contributed by atoms with van der Waals surface area (Å²) in [5, 5.41) is 19.5. The van der Waals surface area contributed by atoms with Crippen LogP contribution >= 0.6 is 0 Å². The first-order valence-electron chi connectivity index (χ1n) is 5.73. The zero-order valence-electron chi connectivity index (χ0n) is 10.6. The zero-order chi connectivity index (χ0) is 13.5. The molecule has 1 aromatic rings. The average Bonchev–Trinajstić information content (AvgIpc) is 2.38. The number of hydrogen-bond acceptors (Lipinski definition) is 5. The monoisotopic (exact) mass is 254 g/mol. The van der Waals surface area contributed by atoms with Crippen LogP contribution in [-0.4, -0.2) is 47.8 Å². The molecule has 6 nitrogen and oxygen atoms in total. The van der Waals surface area contributed by atoms with Crippen LogP contribution in [0.4, 0.5) is 5.69 Å². The van der Waals surface area contributed by atoms with E-state index in [-0.39, 0.29) is 18.3 Å². The summed E-state index contributed by atoms with van der Waals surface area (Å²) < 4.78 is 5.43. The van der Waals surface area contributed by atoms with Gasteiger partial charge < -0.3 is 9.84 Å². The van der Waals surface area contributed by atoms with Gasteiger partial charge in [0.25, 0.3) is 5.69 Å². The minimum absolute atomic E-state index is 0.0181. The summed E-state index contributed by atoms with van der Waals surface area (Å²) in [7, 11) is 1.89. The number of nitrogens with zero attached hydrogens (tertiary/aromatic N) is 2. The van der Waals surface area contributed by atoms with Crippen molar-refractivity contribution in [3.8, 4) is 5.75 Å². The van der Waals surface area contributed by atoms with Crippen LogP contribution in [-0.2, 0) is 0 Å². The van der Waals surface area contributed by atoms with Gasteiger partial charge in [-0.05, 0) is 20.0 Å². The van der Waals surface area contributed by atoms with Crippen molar-refractivity contribution in [2.75, 3.05) is 26.8 Å². The summed E-state index contributed by atoms with van der Waals surface area (Å²) in [6.45, 7) is 3.06. The van der Waals surface area contributed by atoms with E-state index in [2.05, 4.69) is 0 Å². The van der Waals surface area contributed by atoms with Crippen LogP contribution in [0.1, 0.15) is 6.92 Å². The van der Waals surface area contributed by atoms with Crippen molar-refractivity contribution in [3.63, 3.8) is 0 Å². The summed E-state index contributed by atoms with van der Waals surface area (Å²) in [5.41, 5.74) is 0.0181. The third kappa shape index (κ3) is 4.31. The normalized spacial score (nSPS) is 12.4. The highest BCUT2D eigenvalue weighted by molar-refractivity contribution is 5.37. The van der Waals surface area contributed by atoms with Crippen LogP contribution in [0.3, 0.4) is 0 Å². The second kappa shape index (κ2) is 6.93. The molecular formula is C12H18N2O4. The molecule has 1 aromatic carbocycles. The number of aliphatic hydroxyl groups excluding tert-OH is 1. The molecule has 1 N–H and O–H groups in total. The molecule has 1 unspecified atom stereocenters. The van der Waals surface area contributed by atoms with E-state index in [4.69, 9.17) is 9.84 Å². The molecule has 0 aliphatic rings. The topological polar surface area (TPSA) is 75.8 Å². The maximum atomic E-state index is 10.6. The van der Waals surface area contributed by atoms with Gasteiger partial charge >= 0.3 is 0 Å². The van der Waals surface area contributed by atoms with E-state index in [1.165, 1.54) is 12.1 Å². The first-order valence-corrected chi connectivity index (χ1v) is 5.73. The first-order chi connectivity index (χ1) is 8.54. The van der Waals surface area contributed by atoms with E-state index in [0.29, 0.717) is 18.9 Å². The standard InChI is InChI=1S/C12H18N2O4/c1-10(9-15)13(2)6-7-18-12-5-3-4-11(8-12)14(16)17/h3-5,8,10,15H,6-7,9H2,1-2H3. The van der Waals surface area contributed by atoms with Gasteiger partial charge in [0.1, 0.15) is 12.4 Å². The van der Waals surface area contributed by atoms with E-state index >= 15 is 0 Å². The predicted molar refractivity (Wildman–Crippen MR) is 67.8 cm³/mol. The molecular weight excluding hydrogens is 236 g/mol. The van der Waals surface area contributed by atoms with E-state index < -0.39 is 4.92 Å². The third-order valence-corrected chi connectivity index (χ3v) is 2.76. The van der Waals surface area contributed by atoms with Gasteiger partial charge in [-0.1, -0.05) is 6.07 Å².